The third-order valence-corrected chi connectivity index (χ3v) is 5.48. The Bertz CT molecular complexity index is 878. The summed E-state index contributed by atoms with van der Waals surface area (Å²) in [4.78, 5) is 35.8. The molecule has 0 atom stereocenters. The molecule has 3 rings (SSSR count). The molecule has 1 aliphatic rings. The molecule has 0 aromatic carbocycles. The van der Waals surface area contributed by atoms with Crippen LogP contribution in [0.4, 0.5) is 0 Å². The maximum atomic E-state index is 12.3. The van der Waals surface area contributed by atoms with E-state index in [0.717, 1.165) is 18.4 Å². The van der Waals surface area contributed by atoms with Crippen LogP contribution < -0.4 is 15.6 Å². The van der Waals surface area contributed by atoms with Gasteiger partial charge in [0.2, 0.25) is 11.8 Å². The summed E-state index contributed by atoms with van der Waals surface area (Å²) >= 11 is 1.38. The molecule has 1 aliphatic carbocycles. The lowest BCUT2D eigenvalue weighted by Gasteiger charge is -2.15. The number of hydrogen-bond acceptors (Lipinski definition) is 6. The molecule has 1 saturated carbocycles. The predicted octanol–water partition coefficient (Wildman–Crippen LogP) is 2.77. The van der Waals surface area contributed by atoms with E-state index in [1.807, 2.05) is 18.4 Å². The molecule has 0 radical (unpaired) electrons. The van der Waals surface area contributed by atoms with Gasteiger partial charge in [-0.15, -0.1) is 0 Å². The topological polar surface area (TPSA) is 97.0 Å². The Morgan fingerprint density at radius 3 is 2.89 bits per heavy atom. The number of H-pyrrole nitrogens is 1. The van der Waals surface area contributed by atoms with Crippen LogP contribution in [-0.2, 0) is 17.8 Å². The van der Waals surface area contributed by atoms with Gasteiger partial charge < -0.3 is 15.0 Å². The van der Waals surface area contributed by atoms with E-state index in [-0.39, 0.29) is 24.0 Å². The number of amides is 1. The van der Waals surface area contributed by atoms with E-state index in [9.17, 15) is 9.59 Å². The van der Waals surface area contributed by atoms with E-state index >= 15 is 0 Å². The summed E-state index contributed by atoms with van der Waals surface area (Å²) in [5.41, 5.74) is 1.91. The average molecular weight is 403 g/mol. The van der Waals surface area contributed by atoms with Gasteiger partial charge in [0.05, 0.1) is 0 Å². The van der Waals surface area contributed by atoms with Crippen LogP contribution in [0.2, 0.25) is 0 Å². The highest BCUT2D eigenvalue weighted by atomic mass is 32.2. The van der Waals surface area contributed by atoms with Crippen molar-refractivity contribution in [3.05, 3.63) is 45.5 Å². The number of rotatable bonds is 8. The largest absolute Gasteiger partial charge is 0.474 e. The zero-order chi connectivity index (χ0) is 19.9. The molecule has 1 amide bonds. The van der Waals surface area contributed by atoms with Gasteiger partial charge in [-0.25, -0.2) is 9.97 Å². The van der Waals surface area contributed by atoms with Crippen LogP contribution >= 0.6 is 11.8 Å². The molecule has 2 aromatic heterocycles. The minimum Gasteiger partial charge on any atom is -0.474 e. The average Bonchev–Trinajstić information content (AvgIpc) is 3.19. The summed E-state index contributed by atoms with van der Waals surface area (Å²) < 4.78 is 6.00. The molecule has 7 nitrogen and oxygen atoms in total. The Kier molecular flexibility index (Phi) is 7.08. The molecular formula is C20H26N4O3S. The van der Waals surface area contributed by atoms with Gasteiger partial charge in [-0.2, -0.15) is 0 Å². The van der Waals surface area contributed by atoms with Crippen LogP contribution in [-0.4, -0.2) is 33.2 Å². The van der Waals surface area contributed by atoms with Crippen molar-refractivity contribution in [2.45, 2.75) is 63.3 Å². The highest BCUT2D eigenvalue weighted by molar-refractivity contribution is 7.98. The second kappa shape index (κ2) is 9.73. The summed E-state index contributed by atoms with van der Waals surface area (Å²) in [6.07, 6.45) is 8.85. The van der Waals surface area contributed by atoms with Crippen molar-refractivity contribution in [1.82, 2.24) is 20.3 Å². The van der Waals surface area contributed by atoms with Crippen molar-refractivity contribution in [2.75, 3.05) is 6.26 Å². The zero-order valence-electron chi connectivity index (χ0n) is 16.3. The van der Waals surface area contributed by atoms with Crippen molar-refractivity contribution in [3.63, 3.8) is 0 Å². The normalized spacial score (nSPS) is 14.2. The van der Waals surface area contributed by atoms with Crippen molar-refractivity contribution in [1.29, 1.82) is 0 Å². The Hall–Kier alpha value is -2.35. The number of pyridine rings is 1. The lowest BCUT2D eigenvalue weighted by molar-refractivity contribution is -0.121. The first-order valence-electron chi connectivity index (χ1n) is 9.58. The SMILES string of the molecule is CSc1nc(C)c(CCC(=O)NCc2cccnc2OC2CCCC2)c(=O)[nH]1. The first-order chi connectivity index (χ1) is 13.6. The van der Waals surface area contributed by atoms with E-state index < -0.39 is 0 Å². The van der Waals surface area contributed by atoms with Crippen LogP contribution in [0.25, 0.3) is 0 Å². The van der Waals surface area contributed by atoms with Gasteiger partial charge in [0.1, 0.15) is 6.10 Å². The maximum absolute atomic E-state index is 12.3. The smallest absolute Gasteiger partial charge is 0.254 e. The Labute approximate surface area is 168 Å². The van der Waals surface area contributed by atoms with Crippen molar-refractivity contribution >= 4 is 17.7 Å². The fourth-order valence-electron chi connectivity index (χ4n) is 3.33. The summed E-state index contributed by atoms with van der Waals surface area (Å²) in [7, 11) is 0. The van der Waals surface area contributed by atoms with Crippen molar-refractivity contribution in [2.24, 2.45) is 0 Å². The van der Waals surface area contributed by atoms with Crippen molar-refractivity contribution in [3.8, 4) is 5.88 Å². The van der Waals surface area contributed by atoms with Crippen LogP contribution in [0, 0.1) is 6.92 Å². The fourth-order valence-corrected chi connectivity index (χ4v) is 3.75. The number of aromatic nitrogens is 3. The Morgan fingerprint density at radius 1 is 1.39 bits per heavy atom. The lowest BCUT2D eigenvalue weighted by atomic mass is 10.1. The third kappa shape index (κ3) is 5.34. The minimum absolute atomic E-state index is 0.122. The number of aromatic amines is 1. The monoisotopic (exact) mass is 402 g/mol. The van der Waals surface area contributed by atoms with Gasteiger partial charge in [0.15, 0.2) is 5.16 Å². The van der Waals surface area contributed by atoms with E-state index in [1.165, 1.54) is 24.6 Å². The van der Waals surface area contributed by atoms with E-state index in [1.54, 1.807) is 13.1 Å². The van der Waals surface area contributed by atoms with Gasteiger partial charge in [-0.3, -0.25) is 9.59 Å². The first-order valence-corrected chi connectivity index (χ1v) is 10.8. The maximum Gasteiger partial charge on any atom is 0.254 e. The molecule has 0 saturated heterocycles. The molecule has 2 aromatic rings. The minimum atomic E-state index is -0.177. The number of hydrogen-bond donors (Lipinski definition) is 2. The Morgan fingerprint density at radius 2 is 2.18 bits per heavy atom. The van der Waals surface area contributed by atoms with Gasteiger partial charge in [-0.1, -0.05) is 17.8 Å². The van der Waals surface area contributed by atoms with Crippen LogP contribution in [0.15, 0.2) is 28.3 Å². The number of nitrogens with zero attached hydrogens (tertiary/aromatic N) is 2. The highest BCUT2D eigenvalue weighted by Crippen LogP contribution is 2.24. The van der Waals surface area contributed by atoms with E-state index in [0.29, 0.717) is 35.3 Å². The number of nitrogens with one attached hydrogen (secondary N) is 2. The number of thioether (sulfide) groups is 1. The summed E-state index contributed by atoms with van der Waals surface area (Å²) in [6, 6.07) is 3.75. The molecule has 0 spiro atoms. The molecule has 2 N–H and O–H groups in total. The summed E-state index contributed by atoms with van der Waals surface area (Å²) in [5.74, 6) is 0.474. The second-order valence-corrected chi connectivity index (χ2v) is 7.70. The summed E-state index contributed by atoms with van der Waals surface area (Å²) in [5, 5.41) is 3.49. The number of aryl methyl sites for hydroxylation is 1. The Balaban J connectivity index is 1.54. The van der Waals surface area contributed by atoms with E-state index in [4.69, 9.17) is 4.74 Å². The molecule has 1 fully saturated rings. The molecule has 2 heterocycles. The van der Waals surface area contributed by atoms with Gasteiger partial charge >= 0.3 is 0 Å². The van der Waals surface area contributed by atoms with Gasteiger partial charge in [0.25, 0.3) is 5.56 Å². The van der Waals surface area contributed by atoms with Crippen LogP contribution in [0.1, 0.15) is 48.9 Å². The number of carbonyl (C=O) groups excluding carboxylic acids is 1. The predicted molar refractivity (Wildman–Crippen MR) is 109 cm³/mol. The van der Waals surface area contributed by atoms with E-state index in [2.05, 4.69) is 20.3 Å². The van der Waals surface area contributed by atoms with Gasteiger partial charge in [-0.05, 0) is 51.3 Å². The first kappa shape index (κ1) is 20.4. The third-order valence-electron chi connectivity index (χ3n) is 4.90. The molecule has 0 unspecified atom stereocenters. The second-order valence-electron chi connectivity index (χ2n) is 6.91. The molecule has 28 heavy (non-hydrogen) atoms. The highest BCUT2D eigenvalue weighted by Gasteiger charge is 2.19. The standard InChI is InChI=1S/C20H26N4O3S/c1-13-16(18(26)24-20(23-13)28-2)9-10-17(25)22-12-14-6-5-11-21-19(14)27-15-7-3-4-8-15/h5-6,11,15H,3-4,7-10,12H2,1-2H3,(H,22,25)(H,23,24,26). The number of carbonyl (C=O) groups is 1. The molecule has 8 heteroatoms. The van der Waals surface area contributed by atoms with Crippen molar-refractivity contribution < 1.29 is 9.53 Å². The fraction of sp³-hybridized carbons (Fsp3) is 0.500. The molecule has 0 bridgehead atoms. The van der Waals surface area contributed by atoms with Crippen LogP contribution in [0.5, 0.6) is 5.88 Å². The van der Waals surface area contributed by atoms with Gasteiger partial charge in [0, 0.05) is 36.0 Å². The number of ether oxygens (including phenoxy) is 1. The quantitative estimate of drug-likeness (QED) is 0.521. The molecule has 150 valence electrons. The lowest BCUT2D eigenvalue weighted by Crippen LogP contribution is -2.25. The van der Waals surface area contributed by atoms with Crippen LogP contribution in [0.3, 0.4) is 0 Å². The zero-order valence-corrected chi connectivity index (χ0v) is 17.1. The summed E-state index contributed by atoms with van der Waals surface area (Å²) in [6.45, 7) is 2.15. The molecule has 0 aliphatic heterocycles. The molecular weight excluding hydrogens is 376 g/mol.